The van der Waals surface area contributed by atoms with Crippen LogP contribution in [0.1, 0.15) is 17.3 Å². The zero-order valence-electron chi connectivity index (χ0n) is 10.4. The van der Waals surface area contributed by atoms with Crippen molar-refractivity contribution in [2.75, 3.05) is 30.8 Å². The van der Waals surface area contributed by atoms with Gasteiger partial charge in [0.15, 0.2) is 0 Å². The number of carboxylic acids is 1. The van der Waals surface area contributed by atoms with E-state index in [2.05, 4.69) is 5.32 Å². The van der Waals surface area contributed by atoms with Crippen LogP contribution in [0, 0.1) is 0 Å². The molecule has 0 aliphatic carbocycles. The lowest BCUT2D eigenvalue weighted by Gasteiger charge is -2.20. The monoisotopic (exact) mass is 251 g/mol. The Morgan fingerprint density at radius 1 is 1.44 bits per heavy atom. The molecule has 1 aromatic carbocycles. The molecule has 6 heteroatoms. The van der Waals surface area contributed by atoms with E-state index in [1.165, 1.54) is 12.1 Å². The number of rotatable bonds is 5. The van der Waals surface area contributed by atoms with Gasteiger partial charge in [0.2, 0.25) is 5.91 Å². The second kappa shape index (κ2) is 5.90. The Morgan fingerprint density at radius 2 is 2.11 bits per heavy atom. The number of nitrogens with one attached hydrogen (secondary N) is 1. The van der Waals surface area contributed by atoms with Crippen molar-refractivity contribution in [1.29, 1.82) is 0 Å². The highest BCUT2D eigenvalue weighted by Gasteiger charge is 2.11. The van der Waals surface area contributed by atoms with Crippen molar-refractivity contribution in [3.63, 3.8) is 0 Å². The van der Waals surface area contributed by atoms with E-state index in [0.717, 1.165) is 0 Å². The van der Waals surface area contributed by atoms with Gasteiger partial charge in [-0.2, -0.15) is 0 Å². The second-order valence-corrected chi connectivity index (χ2v) is 3.89. The third-order valence-electron chi connectivity index (χ3n) is 2.44. The standard InChI is InChI=1S/C12H17N3O3/c1-3-14-11(16)7-15(2)10-5-4-8(12(17)18)6-9(10)13/h4-6H,3,7,13H2,1-2H3,(H,14,16)(H,17,18). The fourth-order valence-electron chi connectivity index (χ4n) is 1.59. The first-order chi connectivity index (χ1) is 8.45. The summed E-state index contributed by atoms with van der Waals surface area (Å²) in [7, 11) is 1.72. The van der Waals surface area contributed by atoms with Crippen molar-refractivity contribution in [2.24, 2.45) is 0 Å². The number of nitrogen functional groups attached to an aromatic ring is 1. The van der Waals surface area contributed by atoms with Gasteiger partial charge in [-0.15, -0.1) is 0 Å². The largest absolute Gasteiger partial charge is 0.478 e. The van der Waals surface area contributed by atoms with Gasteiger partial charge < -0.3 is 21.1 Å². The number of carbonyl (C=O) groups excluding carboxylic acids is 1. The van der Waals surface area contributed by atoms with Gasteiger partial charge in [0.1, 0.15) is 0 Å². The molecule has 0 saturated carbocycles. The predicted octanol–water partition coefficient (Wildman–Crippen LogP) is 0.539. The maximum Gasteiger partial charge on any atom is 0.335 e. The molecule has 4 N–H and O–H groups in total. The van der Waals surface area contributed by atoms with Crippen LogP contribution < -0.4 is 16.0 Å². The third kappa shape index (κ3) is 3.38. The van der Waals surface area contributed by atoms with Crippen molar-refractivity contribution in [3.8, 4) is 0 Å². The summed E-state index contributed by atoms with van der Waals surface area (Å²) in [6.07, 6.45) is 0. The Morgan fingerprint density at radius 3 is 2.61 bits per heavy atom. The molecule has 0 heterocycles. The molecular formula is C12H17N3O3. The topological polar surface area (TPSA) is 95.7 Å². The van der Waals surface area contributed by atoms with Crippen molar-refractivity contribution >= 4 is 23.3 Å². The van der Waals surface area contributed by atoms with E-state index in [4.69, 9.17) is 10.8 Å². The smallest absolute Gasteiger partial charge is 0.335 e. The van der Waals surface area contributed by atoms with Gasteiger partial charge in [-0.3, -0.25) is 4.79 Å². The van der Waals surface area contributed by atoms with Gasteiger partial charge in [-0.25, -0.2) is 4.79 Å². The maximum absolute atomic E-state index is 11.4. The highest BCUT2D eigenvalue weighted by Crippen LogP contribution is 2.23. The van der Waals surface area contributed by atoms with Crippen LogP contribution in [0.15, 0.2) is 18.2 Å². The molecule has 0 aromatic heterocycles. The van der Waals surface area contributed by atoms with Crippen LogP contribution in [-0.4, -0.2) is 37.1 Å². The zero-order valence-corrected chi connectivity index (χ0v) is 10.4. The molecule has 0 fully saturated rings. The van der Waals surface area contributed by atoms with Gasteiger partial charge in [0.25, 0.3) is 0 Å². The Balaban J connectivity index is 2.83. The van der Waals surface area contributed by atoms with E-state index in [1.807, 2.05) is 6.92 Å². The number of aromatic carboxylic acids is 1. The SMILES string of the molecule is CCNC(=O)CN(C)c1ccc(C(=O)O)cc1N. The number of carbonyl (C=O) groups is 2. The van der Waals surface area contributed by atoms with Crippen LogP contribution >= 0.6 is 0 Å². The Bertz CT molecular complexity index is 460. The number of amides is 1. The van der Waals surface area contributed by atoms with Gasteiger partial charge in [-0.1, -0.05) is 0 Å². The van der Waals surface area contributed by atoms with E-state index in [1.54, 1.807) is 18.0 Å². The van der Waals surface area contributed by atoms with Crippen LogP contribution in [0.2, 0.25) is 0 Å². The number of carboxylic acid groups (broad SMARTS) is 1. The first-order valence-corrected chi connectivity index (χ1v) is 5.56. The first kappa shape index (κ1) is 13.8. The second-order valence-electron chi connectivity index (χ2n) is 3.89. The fourth-order valence-corrected chi connectivity index (χ4v) is 1.59. The summed E-state index contributed by atoms with van der Waals surface area (Å²) in [5, 5.41) is 11.5. The molecule has 0 saturated heterocycles. The maximum atomic E-state index is 11.4. The molecule has 6 nitrogen and oxygen atoms in total. The molecule has 0 atom stereocenters. The molecule has 0 aliphatic rings. The van der Waals surface area contributed by atoms with Gasteiger partial charge in [0.05, 0.1) is 23.5 Å². The number of hydrogen-bond donors (Lipinski definition) is 3. The van der Waals surface area contributed by atoms with Crippen molar-refractivity contribution < 1.29 is 14.7 Å². The average molecular weight is 251 g/mol. The number of nitrogens with zero attached hydrogens (tertiary/aromatic N) is 1. The summed E-state index contributed by atoms with van der Waals surface area (Å²) in [6, 6.07) is 4.44. The minimum Gasteiger partial charge on any atom is -0.478 e. The van der Waals surface area contributed by atoms with E-state index in [0.29, 0.717) is 17.9 Å². The number of benzene rings is 1. The van der Waals surface area contributed by atoms with Crippen LogP contribution in [0.4, 0.5) is 11.4 Å². The summed E-state index contributed by atoms with van der Waals surface area (Å²) in [4.78, 5) is 23.9. The molecule has 1 rings (SSSR count). The molecule has 18 heavy (non-hydrogen) atoms. The molecule has 0 radical (unpaired) electrons. The van der Waals surface area contributed by atoms with E-state index >= 15 is 0 Å². The minimum atomic E-state index is -1.03. The summed E-state index contributed by atoms with van der Waals surface area (Å²) in [5.74, 6) is -1.14. The normalized spacial score (nSPS) is 9.89. The third-order valence-corrected chi connectivity index (χ3v) is 2.44. The quantitative estimate of drug-likeness (QED) is 0.664. The van der Waals surface area contributed by atoms with Gasteiger partial charge in [0, 0.05) is 13.6 Å². The Labute approximate surface area is 105 Å². The van der Waals surface area contributed by atoms with E-state index < -0.39 is 5.97 Å². The van der Waals surface area contributed by atoms with E-state index in [-0.39, 0.29) is 18.0 Å². The van der Waals surface area contributed by atoms with Crippen LogP contribution in [-0.2, 0) is 4.79 Å². The molecular weight excluding hydrogens is 234 g/mol. The number of hydrogen-bond acceptors (Lipinski definition) is 4. The van der Waals surface area contributed by atoms with Crippen LogP contribution in [0.25, 0.3) is 0 Å². The minimum absolute atomic E-state index is 0.110. The Hall–Kier alpha value is -2.24. The van der Waals surface area contributed by atoms with Crippen molar-refractivity contribution in [3.05, 3.63) is 23.8 Å². The van der Waals surface area contributed by atoms with Gasteiger partial charge in [-0.05, 0) is 25.1 Å². The summed E-state index contributed by atoms with van der Waals surface area (Å²) < 4.78 is 0. The molecule has 1 amide bonds. The summed E-state index contributed by atoms with van der Waals surface area (Å²) in [6.45, 7) is 2.58. The number of likely N-dealkylation sites (N-methyl/N-ethyl adjacent to an activating group) is 2. The summed E-state index contributed by atoms with van der Waals surface area (Å²) >= 11 is 0. The van der Waals surface area contributed by atoms with Crippen molar-refractivity contribution in [1.82, 2.24) is 5.32 Å². The lowest BCUT2D eigenvalue weighted by Crippen LogP contribution is -2.35. The molecule has 0 spiro atoms. The van der Waals surface area contributed by atoms with Crippen LogP contribution in [0.5, 0.6) is 0 Å². The predicted molar refractivity (Wildman–Crippen MR) is 69.8 cm³/mol. The molecule has 1 aromatic rings. The highest BCUT2D eigenvalue weighted by molar-refractivity contribution is 5.91. The highest BCUT2D eigenvalue weighted by atomic mass is 16.4. The lowest BCUT2D eigenvalue weighted by atomic mass is 10.1. The lowest BCUT2D eigenvalue weighted by molar-refractivity contribution is -0.119. The van der Waals surface area contributed by atoms with Crippen molar-refractivity contribution in [2.45, 2.75) is 6.92 Å². The molecule has 98 valence electrons. The molecule has 0 unspecified atom stereocenters. The van der Waals surface area contributed by atoms with E-state index in [9.17, 15) is 9.59 Å². The molecule has 0 aliphatic heterocycles. The van der Waals surface area contributed by atoms with Gasteiger partial charge >= 0.3 is 5.97 Å². The first-order valence-electron chi connectivity index (χ1n) is 5.56. The zero-order chi connectivity index (χ0) is 13.7. The number of nitrogens with two attached hydrogens (primary N) is 1. The average Bonchev–Trinajstić information content (AvgIpc) is 2.28. The number of anilines is 2. The fraction of sp³-hybridized carbons (Fsp3) is 0.333. The Kier molecular flexibility index (Phi) is 4.53. The van der Waals surface area contributed by atoms with Crippen LogP contribution in [0.3, 0.4) is 0 Å². The summed E-state index contributed by atoms with van der Waals surface area (Å²) in [5.41, 5.74) is 6.87. The molecule has 0 bridgehead atoms.